The molecule has 0 radical (unpaired) electrons. The molecule has 1 aliphatic heterocycles. The standard InChI is InChI=1S/C14H26N2O4/c1-3-12(4-2)16(8-9-17)14(20)15-7-5-6-11(10-15)13(18)19/h11-12,17H,3-10H2,1-2H3,(H,18,19)/t11-/m1/s1. The smallest absolute Gasteiger partial charge is 0.320 e. The fraction of sp³-hybridized carbons (Fsp3) is 0.857. The van der Waals surface area contributed by atoms with Crippen LogP contribution in [-0.4, -0.2) is 64.3 Å². The van der Waals surface area contributed by atoms with Crippen LogP contribution < -0.4 is 0 Å². The van der Waals surface area contributed by atoms with Crippen molar-refractivity contribution in [3.63, 3.8) is 0 Å². The number of likely N-dealkylation sites (tertiary alicyclic amines) is 1. The molecule has 6 nitrogen and oxygen atoms in total. The first kappa shape index (κ1) is 16.8. The average molecular weight is 286 g/mol. The maximum absolute atomic E-state index is 12.6. The number of carboxylic acids is 1. The van der Waals surface area contributed by atoms with Gasteiger partial charge in [-0.3, -0.25) is 4.79 Å². The monoisotopic (exact) mass is 286 g/mol. The van der Waals surface area contributed by atoms with Crippen LogP contribution in [0.4, 0.5) is 4.79 Å². The summed E-state index contributed by atoms with van der Waals surface area (Å²) in [5, 5.41) is 18.2. The largest absolute Gasteiger partial charge is 0.481 e. The molecule has 2 N–H and O–H groups in total. The molecule has 0 bridgehead atoms. The number of aliphatic hydroxyl groups is 1. The summed E-state index contributed by atoms with van der Waals surface area (Å²) in [5.41, 5.74) is 0. The first-order chi connectivity index (χ1) is 9.54. The Labute approximate surface area is 120 Å². The Bertz CT molecular complexity index is 331. The number of hydrogen-bond acceptors (Lipinski definition) is 3. The first-order valence-electron chi connectivity index (χ1n) is 7.44. The van der Waals surface area contributed by atoms with Crippen LogP contribution in [0.1, 0.15) is 39.5 Å². The molecule has 1 atom stereocenters. The Kier molecular flexibility index (Phi) is 6.78. The van der Waals surface area contributed by atoms with Gasteiger partial charge in [0.2, 0.25) is 0 Å². The predicted octanol–water partition coefficient (Wildman–Crippen LogP) is 1.39. The molecule has 20 heavy (non-hydrogen) atoms. The zero-order chi connectivity index (χ0) is 15.1. The van der Waals surface area contributed by atoms with Crippen molar-refractivity contribution in [1.82, 2.24) is 9.80 Å². The number of aliphatic carboxylic acids is 1. The molecule has 0 saturated carbocycles. The summed E-state index contributed by atoms with van der Waals surface area (Å²) in [6, 6.07) is -0.0430. The van der Waals surface area contributed by atoms with Gasteiger partial charge in [-0.25, -0.2) is 4.79 Å². The van der Waals surface area contributed by atoms with Crippen LogP contribution in [0.3, 0.4) is 0 Å². The molecule has 0 aliphatic carbocycles. The van der Waals surface area contributed by atoms with Crippen LogP contribution in [0, 0.1) is 5.92 Å². The van der Waals surface area contributed by atoms with Crippen LogP contribution in [-0.2, 0) is 4.79 Å². The second-order valence-corrected chi connectivity index (χ2v) is 5.29. The zero-order valence-electron chi connectivity index (χ0n) is 12.4. The number of carboxylic acid groups (broad SMARTS) is 1. The topological polar surface area (TPSA) is 81.1 Å². The summed E-state index contributed by atoms with van der Waals surface area (Å²) in [6.45, 7) is 5.14. The Hall–Kier alpha value is -1.30. The van der Waals surface area contributed by atoms with Gasteiger partial charge >= 0.3 is 12.0 Å². The molecule has 2 amide bonds. The lowest BCUT2D eigenvalue weighted by molar-refractivity contribution is -0.143. The van der Waals surface area contributed by atoms with Gasteiger partial charge in [-0.1, -0.05) is 13.8 Å². The van der Waals surface area contributed by atoms with E-state index in [-0.39, 0.29) is 25.2 Å². The van der Waals surface area contributed by atoms with E-state index in [2.05, 4.69) is 0 Å². The van der Waals surface area contributed by atoms with Crippen molar-refractivity contribution in [2.75, 3.05) is 26.2 Å². The van der Waals surface area contributed by atoms with E-state index in [0.717, 1.165) is 19.3 Å². The molecule has 0 aromatic carbocycles. The van der Waals surface area contributed by atoms with Crippen LogP contribution >= 0.6 is 0 Å². The number of piperidine rings is 1. The third kappa shape index (κ3) is 4.10. The third-order valence-corrected chi connectivity index (χ3v) is 4.01. The van der Waals surface area contributed by atoms with Gasteiger partial charge in [0, 0.05) is 25.7 Å². The van der Waals surface area contributed by atoms with Crippen molar-refractivity contribution in [2.45, 2.75) is 45.6 Å². The van der Waals surface area contributed by atoms with Crippen molar-refractivity contribution < 1.29 is 19.8 Å². The van der Waals surface area contributed by atoms with E-state index in [4.69, 9.17) is 10.2 Å². The number of urea groups is 1. The van der Waals surface area contributed by atoms with Crippen LogP contribution in [0.25, 0.3) is 0 Å². The average Bonchev–Trinajstić information content (AvgIpc) is 2.47. The number of carbonyl (C=O) groups excluding carboxylic acids is 1. The quantitative estimate of drug-likeness (QED) is 0.773. The summed E-state index contributed by atoms with van der Waals surface area (Å²) < 4.78 is 0. The minimum absolute atomic E-state index is 0.0710. The van der Waals surface area contributed by atoms with Crippen LogP contribution in [0.15, 0.2) is 0 Å². The van der Waals surface area contributed by atoms with E-state index in [1.165, 1.54) is 0 Å². The van der Waals surface area contributed by atoms with Gasteiger partial charge < -0.3 is 20.0 Å². The molecule has 0 unspecified atom stereocenters. The second-order valence-electron chi connectivity index (χ2n) is 5.29. The fourth-order valence-electron chi connectivity index (χ4n) is 2.81. The summed E-state index contributed by atoms with van der Waals surface area (Å²) in [7, 11) is 0. The summed E-state index contributed by atoms with van der Waals surface area (Å²) in [6.07, 6.45) is 3.01. The number of rotatable bonds is 6. The molecule has 1 rings (SSSR count). The zero-order valence-corrected chi connectivity index (χ0v) is 12.4. The van der Waals surface area contributed by atoms with Gasteiger partial charge in [0.1, 0.15) is 0 Å². The van der Waals surface area contributed by atoms with E-state index < -0.39 is 11.9 Å². The van der Waals surface area contributed by atoms with Crippen molar-refractivity contribution in [1.29, 1.82) is 0 Å². The number of aliphatic hydroxyl groups excluding tert-OH is 1. The van der Waals surface area contributed by atoms with E-state index in [9.17, 15) is 9.59 Å². The second kappa shape index (κ2) is 8.09. The maximum atomic E-state index is 12.6. The lowest BCUT2D eigenvalue weighted by Crippen LogP contribution is -2.52. The molecule has 0 spiro atoms. The summed E-state index contributed by atoms with van der Waals surface area (Å²) >= 11 is 0. The normalized spacial score (nSPS) is 19.2. The highest BCUT2D eigenvalue weighted by molar-refractivity contribution is 5.77. The highest BCUT2D eigenvalue weighted by Crippen LogP contribution is 2.20. The van der Waals surface area contributed by atoms with Gasteiger partial charge in [-0.15, -0.1) is 0 Å². The van der Waals surface area contributed by atoms with Gasteiger partial charge in [-0.05, 0) is 25.7 Å². The fourth-order valence-corrected chi connectivity index (χ4v) is 2.81. The molecule has 1 aliphatic rings. The van der Waals surface area contributed by atoms with E-state index in [1.807, 2.05) is 13.8 Å². The van der Waals surface area contributed by atoms with Crippen molar-refractivity contribution in [3.05, 3.63) is 0 Å². The minimum atomic E-state index is -0.834. The maximum Gasteiger partial charge on any atom is 0.320 e. The molecule has 0 aromatic rings. The Balaban J connectivity index is 2.75. The molecule has 1 fully saturated rings. The Morgan fingerprint density at radius 3 is 2.50 bits per heavy atom. The van der Waals surface area contributed by atoms with E-state index in [0.29, 0.717) is 19.5 Å². The van der Waals surface area contributed by atoms with E-state index in [1.54, 1.807) is 9.80 Å². The van der Waals surface area contributed by atoms with Gasteiger partial charge in [0.25, 0.3) is 0 Å². The van der Waals surface area contributed by atoms with Crippen molar-refractivity contribution in [3.8, 4) is 0 Å². The molecular formula is C14H26N2O4. The number of nitrogens with zero attached hydrogens (tertiary/aromatic N) is 2. The molecule has 0 aromatic heterocycles. The summed E-state index contributed by atoms with van der Waals surface area (Å²) in [4.78, 5) is 26.9. The highest BCUT2D eigenvalue weighted by Gasteiger charge is 2.32. The van der Waals surface area contributed by atoms with E-state index >= 15 is 0 Å². The van der Waals surface area contributed by atoms with Gasteiger partial charge in [0.05, 0.1) is 12.5 Å². The molecule has 1 saturated heterocycles. The Morgan fingerprint density at radius 1 is 1.35 bits per heavy atom. The molecule has 116 valence electrons. The van der Waals surface area contributed by atoms with Crippen LogP contribution in [0.2, 0.25) is 0 Å². The highest BCUT2D eigenvalue weighted by atomic mass is 16.4. The Morgan fingerprint density at radius 2 is 2.00 bits per heavy atom. The molecular weight excluding hydrogens is 260 g/mol. The molecule has 6 heteroatoms. The summed E-state index contributed by atoms with van der Waals surface area (Å²) in [5.74, 6) is -1.30. The minimum Gasteiger partial charge on any atom is -0.481 e. The predicted molar refractivity (Wildman–Crippen MR) is 75.5 cm³/mol. The van der Waals surface area contributed by atoms with Gasteiger partial charge in [-0.2, -0.15) is 0 Å². The number of amides is 2. The van der Waals surface area contributed by atoms with Gasteiger partial charge in [0.15, 0.2) is 0 Å². The third-order valence-electron chi connectivity index (χ3n) is 4.01. The number of hydrogen-bond donors (Lipinski definition) is 2. The lowest BCUT2D eigenvalue weighted by atomic mass is 9.98. The van der Waals surface area contributed by atoms with Crippen molar-refractivity contribution in [2.24, 2.45) is 5.92 Å². The lowest BCUT2D eigenvalue weighted by Gasteiger charge is -2.38. The van der Waals surface area contributed by atoms with Crippen molar-refractivity contribution >= 4 is 12.0 Å². The molecule has 1 heterocycles. The SMILES string of the molecule is CCC(CC)N(CCO)C(=O)N1CCC[C@@H](C(=O)O)C1. The van der Waals surface area contributed by atoms with Crippen LogP contribution in [0.5, 0.6) is 0 Å². The first-order valence-corrected chi connectivity index (χ1v) is 7.44. The number of carbonyl (C=O) groups is 2.